The summed E-state index contributed by atoms with van der Waals surface area (Å²) >= 11 is 3.98. The van der Waals surface area contributed by atoms with Gasteiger partial charge in [0.25, 0.3) is 5.56 Å². The van der Waals surface area contributed by atoms with Gasteiger partial charge in [0, 0.05) is 23.7 Å². The lowest BCUT2D eigenvalue weighted by molar-refractivity contribution is 0.573. The molecule has 60 valence electrons. The van der Waals surface area contributed by atoms with Crippen molar-refractivity contribution in [1.82, 2.24) is 4.57 Å². The van der Waals surface area contributed by atoms with Crippen molar-refractivity contribution in [3.63, 3.8) is 0 Å². The van der Waals surface area contributed by atoms with E-state index in [0.717, 1.165) is 0 Å². The van der Waals surface area contributed by atoms with Crippen molar-refractivity contribution in [3.05, 3.63) is 27.9 Å². The molecule has 0 amide bonds. The van der Waals surface area contributed by atoms with E-state index in [9.17, 15) is 9.18 Å². The summed E-state index contributed by atoms with van der Waals surface area (Å²) in [6.45, 7) is 1.53. The third-order valence-corrected chi connectivity index (χ3v) is 1.99. The Morgan fingerprint density at radius 3 is 2.73 bits per heavy atom. The van der Waals surface area contributed by atoms with E-state index in [4.69, 9.17) is 0 Å². The molecule has 0 aliphatic carbocycles. The van der Waals surface area contributed by atoms with Gasteiger partial charge < -0.3 is 4.57 Å². The van der Waals surface area contributed by atoms with Crippen molar-refractivity contribution in [3.8, 4) is 0 Å². The van der Waals surface area contributed by atoms with Gasteiger partial charge in [-0.05, 0) is 6.92 Å². The van der Waals surface area contributed by atoms with E-state index >= 15 is 0 Å². The quantitative estimate of drug-likeness (QED) is 0.583. The molecule has 2 nitrogen and oxygen atoms in total. The standard InChI is InChI=1S/C7H8FNOS/c1-4-5(11)3-9(2)7(10)6(4)8/h3,11H,1-2H3. The molecule has 0 bridgehead atoms. The molecule has 1 aromatic rings. The van der Waals surface area contributed by atoms with Gasteiger partial charge in [-0.25, -0.2) is 4.39 Å². The van der Waals surface area contributed by atoms with Crippen LogP contribution in [0.2, 0.25) is 0 Å². The Morgan fingerprint density at radius 1 is 1.64 bits per heavy atom. The molecule has 0 unspecified atom stereocenters. The number of hydrogen-bond acceptors (Lipinski definition) is 2. The Balaban J connectivity index is 3.59. The van der Waals surface area contributed by atoms with Crippen molar-refractivity contribution >= 4 is 12.6 Å². The van der Waals surface area contributed by atoms with Crippen molar-refractivity contribution in [2.75, 3.05) is 0 Å². The maximum Gasteiger partial charge on any atom is 0.286 e. The van der Waals surface area contributed by atoms with Gasteiger partial charge in [-0.1, -0.05) is 0 Å². The molecular weight excluding hydrogens is 165 g/mol. The number of rotatable bonds is 0. The van der Waals surface area contributed by atoms with E-state index in [-0.39, 0.29) is 0 Å². The summed E-state index contributed by atoms with van der Waals surface area (Å²) in [5.41, 5.74) is -0.309. The van der Waals surface area contributed by atoms with Gasteiger partial charge in [-0.3, -0.25) is 4.79 Å². The van der Waals surface area contributed by atoms with Crippen molar-refractivity contribution in [2.24, 2.45) is 7.05 Å². The van der Waals surface area contributed by atoms with Gasteiger partial charge in [0.05, 0.1) is 0 Å². The van der Waals surface area contributed by atoms with Crippen LogP contribution in [0.3, 0.4) is 0 Å². The summed E-state index contributed by atoms with van der Waals surface area (Å²) in [5.74, 6) is -0.722. The molecular formula is C7H8FNOS. The second-order valence-corrected chi connectivity index (χ2v) is 2.85. The van der Waals surface area contributed by atoms with Crippen LogP contribution in [0, 0.1) is 12.7 Å². The first-order valence-corrected chi connectivity index (χ1v) is 3.53. The minimum Gasteiger partial charge on any atom is -0.315 e. The van der Waals surface area contributed by atoms with Crippen molar-refractivity contribution in [1.29, 1.82) is 0 Å². The van der Waals surface area contributed by atoms with Gasteiger partial charge in [-0.2, -0.15) is 0 Å². The predicted molar refractivity (Wildman–Crippen MR) is 43.6 cm³/mol. The zero-order valence-corrected chi connectivity index (χ0v) is 7.15. The number of nitrogens with zero attached hydrogens (tertiary/aromatic N) is 1. The molecule has 0 fully saturated rings. The number of thiol groups is 1. The highest BCUT2D eigenvalue weighted by molar-refractivity contribution is 7.80. The molecule has 4 heteroatoms. The third-order valence-electron chi connectivity index (χ3n) is 1.54. The molecule has 0 N–H and O–H groups in total. The Hall–Kier alpha value is -0.770. The van der Waals surface area contributed by atoms with E-state index < -0.39 is 11.4 Å². The second kappa shape index (κ2) is 2.70. The highest BCUT2D eigenvalue weighted by Crippen LogP contribution is 2.11. The number of halogens is 1. The molecule has 0 spiro atoms. The summed E-state index contributed by atoms with van der Waals surface area (Å²) in [6, 6.07) is 0. The third kappa shape index (κ3) is 1.30. The lowest BCUT2D eigenvalue weighted by Crippen LogP contribution is -2.20. The summed E-state index contributed by atoms with van der Waals surface area (Å²) in [4.78, 5) is 11.4. The molecule has 0 saturated heterocycles. The van der Waals surface area contributed by atoms with Gasteiger partial charge in [-0.15, -0.1) is 12.6 Å². The highest BCUT2D eigenvalue weighted by atomic mass is 32.1. The fourth-order valence-corrected chi connectivity index (χ4v) is 1.04. The van der Waals surface area contributed by atoms with Crippen LogP contribution in [0.4, 0.5) is 4.39 Å². The number of aryl methyl sites for hydroxylation is 1. The highest BCUT2D eigenvalue weighted by Gasteiger charge is 2.06. The fourth-order valence-electron chi connectivity index (χ4n) is 0.767. The van der Waals surface area contributed by atoms with E-state index in [1.54, 1.807) is 0 Å². The van der Waals surface area contributed by atoms with E-state index in [2.05, 4.69) is 12.6 Å². The molecule has 0 radical (unpaired) electrons. The maximum absolute atomic E-state index is 12.9. The van der Waals surface area contributed by atoms with E-state index in [1.807, 2.05) is 0 Å². The zero-order valence-electron chi connectivity index (χ0n) is 6.26. The molecule has 1 heterocycles. The van der Waals surface area contributed by atoms with E-state index in [0.29, 0.717) is 10.5 Å². The average molecular weight is 173 g/mol. The topological polar surface area (TPSA) is 22.0 Å². The fraction of sp³-hybridized carbons (Fsp3) is 0.286. The van der Waals surface area contributed by atoms with Crippen LogP contribution in [-0.4, -0.2) is 4.57 Å². The Kier molecular flexibility index (Phi) is 2.04. The molecule has 0 aliphatic heterocycles. The maximum atomic E-state index is 12.9. The first-order chi connectivity index (χ1) is 5.04. The molecule has 0 saturated carbocycles. The molecule has 0 aromatic carbocycles. The lowest BCUT2D eigenvalue weighted by atomic mass is 10.3. The van der Waals surface area contributed by atoms with Gasteiger partial charge >= 0.3 is 0 Å². The van der Waals surface area contributed by atoms with Crippen LogP contribution in [0.5, 0.6) is 0 Å². The normalized spacial score (nSPS) is 10.2. The molecule has 1 rings (SSSR count). The Labute approximate surface area is 69.1 Å². The lowest BCUT2D eigenvalue weighted by Gasteiger charge is -2.02. The summed E-state index contributed by atoms with van der Waals surface area (Å²) in [6.07, 6.45) is 1.49. The van der Waals surface area contributed by atoms with Crippen LogP contribution in [-0.2, 0) is 7.05 Å². The summed E-state index contributed by atoms with van der Waals surface area (Å²) < 4.78 is 14.0. The molecule has 11 heavy (non-hydrogen) atoms. The van der Waals surface area contributed by atoms with Crippen LogP contribution >= 0.6 is 12.6 Å². The minimum absolute atomic E-state index is 0.302. The van der Waals surface area contributed by atoms with Crippen LogP contribution < -0.4 is 5.56 Å². The van der Waals surface area contributed by atoms with Crippen LogP contribution in [0.15, 0.2) is 15.9 Å². The summed E-state index contributed by atoms with van der Waals surface area (Å²) in [7, 11) is 1.49. The Bertz CT molecular complexity index is 345. The number of pyridine rings is 1. The Morgan fingerprint density at radius 2 is 2.18 bits per heavy atom. The number of aromatic nitrogens is 1. The average Bonchev–Trinajstić information content (AvgIpc) is 1.97. The summed E-state index contributed by atoms with van der Waals surface area (Å²) in [5, 5.41) is 0. The monoisotopic (exact) mass is 173 g/mol. The number of hydrogen-bond donors (Lipinski definition) is 1. The van der Waals surface area contributed by atoms with E-state index in [1.165, 1.54) is 24.7 Å². The van der Waals surface area contributed by atoms with Gasteiger partial charge in [0.2, 0.25) is 0 Å². The smallest absolute Gasteiger partial charge is 0.286 e. The van der Waals surface area contributed by atoms with Crippen molar-refractivity contribution in [2.45, 2.75) is 11.8 Å². The first kappa shape index (κ1) is 8.33. The predicted octanol–water partition coefficient (Wildman–Crippen LogP) is 1.12. The van der Waals surface area contributed by atoms with Crippen LogP contribution in [0.25, 0.3) is 0 Å². The molecule has 1 aromatic heterocycles. The first-order valence-electron chi connectivity index (χ1n) is 3.08. The molecule has 0 aliphatic rings. The van der Waals surface area contributed by atoms with Gasteiger partial charge in [0.1, 0.15) is 0 Å². The minimum atomic E-state index is -0.722. The molecule has 0 atom stereocenters. The van der Waals surface area contributed by atoms with Gasteiger partial charge in [0.15, 0.2) is 5.82 Å². The SMILES string of the molecule is Cc1c(S)cn(C)c(=O)c1F. The largest absolute Gasteiger partial charge is 0.315 e. The van der Waals surface area contributed by atoms with Crippen LogP contribution in [0.1, 0.15) is 5.56 Å². The zero-order chi connectivity index (χ0) is 8.59. The second-order valence-electron chi connectivity index (χ2n) is 2.37. The van der Waals surface area contributed by atoms with Crippen molar-refractivity contribution < 1.29 is 4.39 Å².